The van der Waals surface area contributed by atoms with Crippen LogP contribution >= 0.6 is 11.9 Å². The molecular weight excluding hydrogens is 272 g/mol. The van der Waals surface area contributed by atoms with Gasteiger partial charge in [-0.1, -0.05) is 5.16 Å². The number of rotatable bonds is 6. The lowest BCUT2D eigenvalue weighted by Crippen LogP contribution is -2.13. The summed E-state index contributed by atoms with van der Waals surface area (Å²) >= 11 is 1.51. The summed E-state index contributed by atoms with van der Waals surface area (Å²) < 4.78 is 14.0. The van der Waals surface area contributed by atoms with Crippen molar-refractivity contribution in [2.24, 2.45) is 5.92 Å². The zero-order chi connectivity index (χ0) is 13.9. The Morgan fingerprint density at radius 2 is 2.10 bits per heavy atom. The van der Waals surface area contributed by atoms with E-state index in [-0.39, 0.29) is 0 Å². The van der Waals surface area contributed by atoms with Crippen molar-refractivity contribution in [1.82, 2.24) is 5.16 Å². The van der Waals surface area contributed by atoms with E-state index in [2.05, 4.69) is 16.8 Å². The zero-order valence-electron chi connectivity index (χ0n) is 11.6. The van der Waals surface area contributed by atoms with Gasteiger partial charge in [0.05, 0.1) is 6.10 Å². The van der Waals surface area contributed by atoms with Gasteiger partial charge in [-0.15, -0.1) is 0 Å². The van der Waals surface area contributed by atoms with Crippen LogP contribution in [-0.2, 0) is 0 Å². The molecule has 1 aromatic carbocycles. The summed E-state index contributed by atoms with van der Waals surface area (Å²) in [6.45, 7) is 4.02. The van der Waals surface area contributed by atoms with Crippen LogP contribution in [0.25, 0.3) is 0 Å². The second-order valence-corrected chi connectivity index (χ2v) is 6.04. The Balaban J connectivity index is 1.52. The van der Waals surface area contributed by atoms with E-state index < -0.39 is 0 Å². The van der Waals surface area contributed by atoms with Crippen LogP contribution in [-0.4, -0.2) is 11.3 Å². The SMILES string of the molecule is Cc1cc(NSc2ccc(OC(C)C3CC3)cc2)no1. The van der Waals surface area contributed by atoms with Crippen molar-refractivity contribution in [3.05, 3.63) is 36.1 Å². The minimum Gasteiger partial charge on any atom is -0.490 e. The summed E-state index contributed by atoms with van der Waals surface area (Å²) in [4.78, 5) is 1.11. The molecule has 1 aromatic heterocycles. The lowest BCUT2D eigenvalue weighted by molar-refractivity contribution is 0.198. The average Bonchev–Trinajstić information content (AvgIpc) is 3.22. The molecule has 3 rings (SSSR count). The number of ether oxygens (including phenoxy) is 1. The number of benzene rings is 1. The average molecular weight is 290 g/mol. The van der Waals surface area contributed by atoms with Gasteiger partial charge in [0.15, 0.2) is 5.82 Å². The lowest BCUT2D eigenvalue weighted by atomic mass is 10.2. The molecule has 2 aromatic rings. The summed E-state index contributed by atoms with van der Waals surface area (Å²) in [5.74, 6) is 3.22. The lowest BCUT2D eigenvalue weighted by Gasteiger charge is -2.13. The molecule has 0 spiro atoms. The predicted octanol–water partition coefficient (Wildman–Crippen LogP) is 4.28. The quantitative estimate of drug-likeness (QED) is 0.805. The molecule has 1 aliphatic rings. The molecule has 1 unspecified atom stereocenters. The fourth-order valence-corrected chi connectivity index (χ4v) is 2.58. The van der Waals surface area contributed by atoms with Gasteiger partial charge in [-0.05, 0) is 68.8 Å². The highest BCUT2D eigenvalue weighted by molar-refractivity contribution is 8.00. The highest BCUT2D eigenvalue weighted by Crippen LogP contribution is 2.35. The molecule has 1 atom stereocenters. The van der Waals surface area contributed by atoms with Crippen LogP contribution in [0.4, 0.5) is 5.82 Å². The maximum Gasteiger partial charge on any atom is 0.179 e. The van der Waals surface area contributed by atoms with E-state index in [1.54, 1.807) is 0 Å². The van der Waals surface area contributed by atoms with E-state index >= 15 is 0 Å². The van der Waals surface area contributed by atoms with Crippen molar-refractivity contribution in [3.63, 3.8) is 0 Å². The molecule has 1 fully saturated rings. The normalized spacial score (nSPS) is 15.9. The molecule has 0 radical (unpaired) electrons. The Bertz CT molecular complexity index is 564. The second-order valence-electron chi connectivity index (χ2n) is 5.16. The van der Waals surface area contributed by atoms with Gasteiger partial charge in [0.2, 0.25) is 0 Å². The first-order valence-corrected chi connectivity index (χ1v) is 7.65. The Hall–Kier alpha value is -1.62. The number of aromatic nitrogens is 1. The molecular formula is C15H18N2O2S. The maximum atomic E-state index is 5.90. The van der Waals surface area contributed by atoms with E-state index in [1.807, 2.05) is 37.3 Å². The molecule has 5 heteroatoms. The summed E-state index contributed by atoms with van der Waals surface area (Å²) in [5.41, 5.74) is 0. The van der Waals surface area contributed by atoms with Gasteiger partial charge < -0.3 is 14.0 Å². The molecule has 0 aliphatic heterocycles. The van der Waals surface area contributed by atoms with Crippen LogP contribution in [0.1, 0.15) is 25.5 Å². The first-order chi connectivity index (χ1) is 9.70. The summed E-state index contributed by atoms with van der Waals surface area (Å²) in [6, 6.07) is 9.97. The second kappa shape index (κ2) is 5.79. The molecule has 0 saturated heterocycles. The zero-order valence-corrected chi connectivity index (χ0v) is 12.4. The number of anilines is 1. The van der Waals surface area contributed by atoms with Gasteiger partial charge in [0, 0.05) is 11.0 Å². The van der Waals surface area contributed by atoms with Crippen LogP contribution < -0.4 is 9.46 Å². The van der Waals surface area contributed by atoms with E-state index in [1.165, 1.54) is 24.8 Å². The molecule has 1 heterocycles. The maximum absolute atomic E-state index is 5.90. The standard InChI is InChI=1S/C15H18N2O2S/c1-10-9-15(16-19-10)17-20-14-7-5-13(6-8-14)18-11(2)12-3-4-12/h5-9,11-12H,3-4H2,1-2H3,(H,16,17). The summed E-state index contributed by atoms with van der Waals surface area (Å²) in [5, 5.41) is 3.88. The third-order valence-electron chi connectivity index (χ3n) is 3.33. The van der Waals surface area contributed by atoms with Gasteiger partial charge in [0.1, 0.15) is 11.5 Å². The first-order valence-electron chi connectivity index (χ1n) is 6.83. The molecule has 20 heavy (non-hydrogen) atoms. The Labute approximate surface area is 123 Å². The molecule has 4 nitrogen and oxygen atoms in total. The van der Waals surface area contributed by atoms with Crippen LogP contribution in [0.2, 0.25) is 0 Å². The minimum absolute atomic E-state index is 0.324. The highest BCUT2D eigenvalue weighted by atomic mass is 32.2. The minimum atomic E-state index is 0.324. The van der Waals surface area contributed by atoms with Crippen molar-refractivity contribution >= 4 is 17.8 Å². The third-order valence-corrected chi connectivity index (χ3v) is 4.15. The molecule has 1 aliphatic carbocycles. The fourth-order valence-electron chi connectivity index (χ4n) is 1.99. The molecule has 1 saturated carbocycles. The summed E-state index contributed by atoms with van der Waals surface area (Å²) in [7, 11) is 0. The van der Waals surface area contributed by atoms with Crippen molar-refractivity contribution in [2.75, 3.05) is 4.72 Å². The van der Waals surface area contributed by atoms with Gasteiger partial charge in [-0.2, -0.15) is 0 Å². The van der Waals surface area contributed by atoms with Crippen molar-refractivity contribution in [3.8, 4) is 5.75 Å². The number of hydrogen-bond donors (Lipinski definition) is 1. The van der Waals surface area contributed by atoms with Crippen LogP contribution in [0.3, 0.4) is 0 Å². The van der Waals surface area contributed by atoms with Crippen LogP contribution in [0.5, 0.6) is 5.75 Å². The fraction of sp³-hybridized carbons (Fsp3) is 0.400. The van der Waals surface area contributed by atoms with E-state index in [4.69, 9.17) is 9.26 Å². The highest BCUT2D eigenvalue weighted by Gasteiger charge is 2.29. The van der Waals surface area contributed by atoms with Crippen molar-refractivity contribution in [1.29, 1.82) is 0 Å². The molecule has 0 bridgehead atoms. The Morgan fingerprint density at radius 1 is 1.35 bits per heavy atom. The number of nitrogens with zero attached hydrogens (tertiary/aromatic N) is 1. The number of hydrogen-bond acceptors (Lipinski definition) is 5. The van der Waals surface area contributed by atoms with Gasteiger partial charge >= 0.3 is 0 Å². The van der Waals surface area contributed by atoms with E-state index in [9.17, 15) is 0 Å². The van der Waals surface area contributed by atoms with Crippen molar-refractivity contribution < 1.29 is 9.26 Å². The van der Waals surface area contributed by atoms with Crippen LogP contribution in [0.15, 0.2) is 39.8 Å². The van der Waals surface area contributed by atoms with Gasteiger partial charge in [0.25, 0.3) is 0 Å². The van der Waals surface area contributed by atoms with Crippen molar-refractivity contribution in [2.45, 2.75) is 37.7 Å². The largest absolute Gasteiger partial charge is 0.490 e. The van der Waals surface area contributed by atoms with E-state index in [0.29, 0.717) is 6.10 Å². The van der Waals surface area contributed by atoms with Crippen LogP contribution in [0, 0.1) is 12.8 Å². The molecule has 106 valence electrons. The molecule has 1 N–H and O–H groups in total. The number of nitrogens with one attached hydrogen (secondary N) is 1. The topological polar surface area (TPSA) is 47.3 Å². The van der Waals surface area contributed by atoms with Gasteiger partial charge in [-0.25, -0.2) is 0 Å². The Morgan fingerprint density at radius 3 is 2.70 bits per heavy atom. The summed E-state index contributed by atoms with van der Waals surface area (Å²) in [6.07, 6.45) is 2.93. The molecule has 0 amide bonds. The van der Waals surface area contributed by atoms with E-state index in [0.717, 1.165) is 28.1 Å². The number of aryl methyl sites for hydroxylation is 1. The Kier molecular flexibility index (Phi) is 3.87. The monoisotopic (exact) mass is 290 g/mol. The predicted molar refractivity (Wildman–Crippen MR) is 80.0 cm³/mol. The van der Waals surface area contributed by atoms with Gasteiger partial charge in [-0.3, -0.25) is 0 Å². The smallest absolute Gasteiger partial charge is 0.179 e. The first kappa shape index (κ1) is 13.4. The third kappa shape index (κ3) is 3.48.